The Balaban J connectivity index is 2.40. The molecule has 1 aliphatic heterocycles. The van der Waals surface area contributed by atoms with Crippen molar-refractivity contribution in [3.8, 4) is 5.75 Å². The zero-order chi connectivity index (χ0) is 9.97. The minimum Gasteiger partial charge on any atom is -0.508 e. The number of hydrogen-bond donors (Lipinski definition) is 3. The predicted molar refractivity (Wildman–Crippen MR) is 57.6 cm³/mol. The van der Waals surface area contributed by atoms with E-state index in [-0.39, 0.29) is 0 Å². The first-order valence-corrected chi connectivity index (χ1v) is 5.08. The molecule has 0 bridgehead atoms. The van der Waals surface area contributed by atoms with E-state index in [1.54, 1.807) is 6.07 Å². The third kappa shape index (κ3) is 1.68. The first-order chi connectivity index (χ1) is 6.81. The fourth-order valence-corrected chi connectivity index (χ4v) is 2.02. The van der Waals surface area contributed by atoms with E-state index in [2.05, 4.69) is 5.32 Å². The standard InChI is InChI=1S/C11H16N2O/c12-7-8-2-1-5-13-11-4-3-9(14)6-10(8)11/h3-4,6,8,13-14H,1-2,5,7,12H2. The third-order valence-electron chi connectivity index (χ3n) is 2.80. The van der Waals surface area contributed by atoms with Crippen LogP contribution in [0.15, 0.2) is 18.2 Å². The Morgan fingerprint density at radius 1 is 1.50 bits per heavy atom. The van der Waals surface area contributed by atoms with Crippen LogP contribution >= 0.6 is 0 Å². The Morgan fingerprint density at radius 3 is 3.14 bits per heavy atom. The molecule has 0 saturated heterocycles. The smallest absolute Gasteiger partial charge is 0.116 e. The summed E-state index contributed by atoms with van der Waals surface area (Å²) in [6, 6.07) is 5.47. The van der Waals surface area contributed by atoms with Gasteiger partial charge in [0.15, 0.2) is 0 Å². The quantitative estimate of drug-likeness (QED) is 0.593. The molecular formula is C11H16N2O. The lowest BCUT2D eigenvalue weighted by Gasteiger charge is -2.15. The number of phenolic OH excluding ortho intramolecular Hbond substituents is 1. The zero-order valence-electron chi connectivity index (χ0n) is 8.16. The second kappa shape index (κ2) is 3.88. The molecular weight excluding hydrogens is 176 g/mol. The van der Waals surface area contributed by atoms with Crippen LogP contribution in [0.4, 0.5) is 5.69 Å². The van der Waals surface area contributed by atoms with Crippen molar-refractivity contribution in [1.29, 1.82) is 0 Å². The van der Waals surface area contributed by atoms with Crippen LogP contribution < -0.4 is 11.1 Å². The van der Waals surface area contributed by atoms with Gasteiger partial charge in [-0.3, -0.25) is 0 Å². The Morgan fingerprint density at radius 2 is 2.36 bits per heavy atom. The number of rotatable bonds is 1. The van der Waals surface area contributed by atoms with Gasteiger partial charge in [-0.05, 0) is 49.1 Å². The lowest BCUT2D eigenvalue weighted by molar-refractivity contribution is 0.473. The molecule has 4 N–H and O–H groups in total. The van der Waals surface area contributed by atoms with Crippen molar-refractivity contribution in [3.63, 3.8) is 0 Å². The van der Waals surface area contributed by atoms with Crippen molar-refractivity contribution in [1.82, 2.24) is 0 Å². The van der Waals surface area contributed by atoms with E-state index in [4.69, 9.17) is 5.73 Å². The minimum absolute atomic E-state index is 0.325. The van der Waals surface area contributed by atoms with Gasteiger partial charge in [-0.15, -0.1) is 0 Å². The van der Waals surface area contributed by atoms with Crippen LogP contribution in [-0.2, 0) is 0 Å². The van der Waals surface area contributed by atoms with Crippen molar-refractivity contribution in [2.75, 3.05) is 18.4 Å². The summed E-state index contributed by atoms with van der Waals surface area (Å²) < 4.78 is 0. The van der Waals surface area contributed by atoms with E-state index in [1.165, 1.54) is 0 Å². The van der Waals surface area contributed by atoms with E-state index in [9.17, 15) is 5.11 Å². The molecule has 1 aromatic rings. The molecule has 14 heavy (non-hydrogen) atoms. The molecule has 0 fully saturated rings. The van der Waals surface area contributed by atoms with Crippen LogP contribution in [-0.4, -0.2) is 18.2 Å². The number of benzene rings is 1. The summed E-state index contributed by atoms with van der Waals surface area (Å²) >= 11 is 0. The number of aromatic hydroxyl groups is 1. The van der Waals surface area contributed by atoms with Crippen LogP contribution in [0.1, 0.15) is 24.3 Å². The molecule has 0 aliphatic carbocycles. The summed E-state index contributed by atoms with van der Waals surface area (Å²) in [6.07, 6.45) is 2.23. The molecule has 3 nitrogen and oxygen atoms in total. The van der Waals surface area contributed by atoms with Gasteiger partial charge in [0.05, 0.1) is 0 Å². The Kier molecular flexibility index (Phi) is 2.59. The molecule has 0 saturated carbocycles. The van der Waals surface area contributed by atoms with Crippen LogP contribution in [0.25, 0.3) is 0 Å². The van der Waals surface area contributed by atoms with E-state index in [0.29, 0.717) is 18.2 Å². The zero-order valence-corrected chi connectivity index (χ0v) is 8.16. The Labute approximate surface area is 83.9 Å². The lowest BCUT2D eigenvalue weighted by atomic mass is 9.94. The predicted octanol–water partition coefficient (Wildman–Crippen LogP) is 1.64. The second-order valence-electron chi connectivity index (χ2n) is 3.77. The minimum atomic E-state index is 0.325. The van der Waals surface area contributed by atoms with Gasteiger partial charge in [0.2, 0.25) is 0 Å². The van der Waals surface area contributed by atoms with Crippen molar-refractivity contribution in [3.05, 3.63) is 23.8 Å². The van der Waals surface area contributed by atoms with E-state index < -0.39 is 0 Å². The number of fused-ring (bicyclic) bond motifs is 1. The molecule has 3 heteroatoms. The van der Waals surface area contributed by atoms with Crippen molar-refractivity contribution in [2.45, 2.75) is 18.8 Å². The average molecular weight is 192 g/mol. The maximum absolute atomic E-state index is 9.42. The molecule has 0 spiro atoms. The largest absolute Gasteiger partial charge is 0.508 e. The first kappa shape index (κ1) is 9.34. The van der Waals surface area contributed by atoms with Gasteiger partial charge in [0, 0.05) is 12.2 Å². The topological polar surface area (TPSA) is 58.3 Å². The first-order valence-electron chi connectivity index (χ1n) is 5.08. The molecule has 76 valence electrons. The van der Waals surface area contributed by atoms with Crippen molar-refractivity contribution >= 4 is 5.69 Å². The highest BCUT2D eigenvalue weighted by Gasteiger charge is 2.17. The van der Waals surface area contributed by atoms with Crippen LogP contribution in [0.2, 0.25) is 0 Å². The van der Waals surface area contributed by atoms with Gasteiger partial charge in [-0.1, -0.05) is 0 Å². The van der Waals surface area contributed by atoms with Crippen LogP contribution in [0, 0.1) is 0 Å². The third-order valence-corrected chi connectivity index (χ3v) is 2.80. The lowest BCUT2D eigenvalue weighted by Crippen LogP contribution is -2.11. The van der Waals surface area contributed by atoms with E-state index in [1.807, 2.05) is 12.1 Å². The Hall–Kier alpha value is -1.22. The van der Waals surface area contributed by atoms with Gasteiger partial charge in [-0.2, -0.15) is 0 Å². The highest BCUT2D eigenvalue weighted by Crippen LogP contribution is 2.32. The molecule has 0 amide bonds. The fraction of sp³-hybridized carbons (Fsp3) is 0.455. The van der Waals surface area contributed by atoms with E-state index >= 15 is 0 Å². The molecule has 1 atom stereocenters. The fourth-order valence-electron chi connectivity index (χ4n) is 2.02. The molecule has 0 aromatic heterocycles. The average Bonchev–Trinajstić information content (AvgIpc) is 2.39. The monoisotopic (exact) mass is 192 g/mol. The number of anilines is 1. The summed E-state index contributed by atoms with van der Waals surface area (Å²) in [5.74, 6) is 0.706. The molecule has 1 aliphatic rings. The van der Waals surface area contributed by atoms with Gasteiger partial charge >= 0.3 is 0 Å². The maximum atomic E-state index is 9.42. The summed E-state index contributed by atoms with van der Waals surface area (Å²) in [5.41, 5.74) is 8.01. The second-order valence-corrected chi connectivity index (χ2v) is 3.77. The summed E-state index contributed by atoms with van der Waals surface area (Å²) in [5, 5.41) is 12.8. The van der Waals surface area contributed by atoms with Crippen molar-refractivity contribution in [2.24, 2.45) is 5.73 Å². The maximum Gasteiger partial charge on any atom is 0.116 e. The van der Waals surface area contributed by atoms with Crippen LogP contribution in [0.3, 0.4) is 0 Å². The molecule has 1 unspecified atom stereocenters. The van der Waals surface area contributed by atoms with Crippen LogP contribution in [0.5, 0.6) is 5.75 Å². The van der Waals surface area contributed by atoms with Gasteiger partial charge in [0.1, 0.15) is 5.75 Å². The van der Waals surface area contributed by atoms with Gasteiger partial charge in [-0.25, -0.2) is 0 Å². The number of nitrogens with one attached hydrogen (secondary N) is 1. The molecule has 1 heterocycles. The van der Waals surface area contributed by atoms with E-state index in [0.717, 1.165) is 30.6 Å². The number of nitrogens with two attached hydrogens (primary N) is 1. The summed E-state index contributed by atoms with van der Waals surface area (Å²) in [6.45, 7) is 1.65. The number of phenols is 1. The molecule has 1 aromatic carbocycles. The molecule has 0 radical (unpaired) electrons. The highest BCUT2D eigenvalue weighted by atomic mass is 16.3. The van der Waals surface area contributed by atoms with Crippen molar-refractivity contribution < 1.29 is 5.11 Å². The SMILES string of the molecule is NCC1CCCNc2ccc(O)cc21. The number of hydrogen-bond acceptors (Lipinski definition) is 3. The summed E-state index contributed by atoms with van der Waals surface area (Å²) in [4.78, 5) is 0. The molecule has 2 rings (SSSR count). The Bertz CT molecular complexity index is 325. The summed E-state index contributed by atoms with van der Waals surface area (Å²) in [7, 11) is 0. The van der Waals surface area contributed by atoms with Gasteiger partial charge < -0.3 is 16.2 Å². The normalized spacial score (nSPS) is 20.8. The van der Waals surface area contributed by atoms with Gasteiger partial charge in [0.25, 0.3) is 0 Å². The highest BCUT2D eigenvalue weighted by molar-refractivity contribution is 5.56.